The Kier molecular flexibility index (Phi) is 7.83. The topological polar surface area (TPSA) is 84.7 Å². The second-order valence-corrected chi connectivity index (χ2v) is 9.81. The lowest BCUT2D eigenvalue weighted by Gasteiger charge is -2.24. The SMILES string of the molecule is CN(CCCC(=O)N1CCCN(c2ccc(C#N)cc2)CC1)S(=O)(=O)c1ccc(F)cc1. The first kappa shape index (κ1) is 23.7. The van der Waals surface area contributed by atoms with Crippen molar-refractivity contribution in [2.75, 3.05) is 44.7 Å². The number of nitriles is 1. The molecule has 9 heteroatoms. The number of hydrogen-bond donors (Lipinski definition) is 0. The predicted octanol–water partition coefficient (Wildman–Crippen LogP) is 2.84. The first-order valence-electron chi connectivity index (χ1n) is 10.6. The minimum atomic E-state index is -3.71. The minimum absolute atomic E-state index is 0.0132. The van der Waals surface area contributed by atoms with Gasteiger partial charge in [-0.25, -0.2) is 17.1 Å². The average Bonchev–Trinajstić information content (AvgIpc) is 3.05. The van der Waals surface area contributed by atoms with Crippen molar-refractivity contribution in [3.63, 3.8) is 0 Å². The summed E-state index contributed by atoms with van der Waals surface area (Å²) in [5.41, 5.74) is 1.65. The molecule has 1 aliphatic rings. The normalized spacial score (nSPS) is 14.8. The molecule has 32 heavy (non-hydrogen) atoms. The van der Waals surface area contributed by atoms with Gasteiger partial charge in [0.15, 0.2) is 0 Å². The van der Waals surface area contributed by atoms with Gasteiger partial charge in [0, 0.05) is 51.9 Å². The van der Waals surface area contributed by atoms with Crippen molar-refractivity contribution in [1.82, 2.24) is 9.21 Å². The fraction of sp³-hybridized carbons (Fsp3) is 0.391. The molecule has 0 saturated carbocycles. The van der Waals surface area contributed by atoms with Crippen LogP contribution in [0.15, 0.2) is 53.4 Å². The lowest BCUT2D eigenvalue weighted by Crippen LogP contribution is -2.36. The zero-order chi connectivity index (χ0) is 23.1. The van der Waals surface area contributed by atoms with E-state index >= 15 is 0 Å². The third-order valence-electron chi connectivity index (χ3n) is 5.60. The van der Waals surface area contributed by atoms with Crippen LogP contribution in [0.2, 0.25) is 0 Å². The molecule has 7 nitrogen and oxygen atoms in total. The molecule has 1 amide bonds. The van der Waals surface area contributed by atoms with Crippen LogP contribution < -0.4 is 4.90 Å². The van der Waals surface area contributed by atoms with Crippen molar-refractivity contribution in [3.05, 3.63) is 59.9 Å². The maximum atomic E-state index is 13.1. The van der Waals surface area contributed by atoms with E-state index in [-0.39, 0.29) is 23.8 Å². The van der Waals surface area contributed by atoms with E-state index in [4.69, 9.17) is 5.26 Å². The van der Waals surface area contributed by atoms with Crippen LogP contribution in [0.5, 0.6) is 0 Å². The van der Waals surface area contributed by atoms with Gasteiger partial charge in [-0.05, 0) is 61.4 Å². The van der Waals surface area contributed by atoms with Gasteiger partial charge in [0.25, 0.3) is 0 Å². The number of sulfonamides is 1. The summed E-state index contributed by atoms with van der Waals surface area (Å²) in [4.78, 5) is 16.7. The van der Waals surface area contributed by atoms with Crippen LogP contribution in [0.25, 0.3) is 0 Å². The Hall–Kier alpha value is -2.96. The first-order chi connectivity index (χ1) is 15.3. The second-order valence-electron chi connectivity index (χ2n) is 7.76. The Morgan fingerprint density at radius 3 is 2.41 bits per heavy atom. The summed E-state index contributed by atoms with van der Waals surface area (Å²) in [7, 11) is -2.25. The van der Waals surface area contributed by atoms with Crippen LogP contribution in [0, 0.1) is 17.1 Å². The molecule has 0 aliphatic carbocycles. The fourth-order valence-electron chi connectivity index (χ4n) is 3.69. The van der Waals surface area contributed by atoms with Gasteiger partial charge in [-0.3, -0.25) is 4.79 Å². The highest BCUT2D eigenvalue weighted by atomic mass is 32.2. The number of rotatable bonds is 7. The molecule has 0 spiro atoms. The maximum absolute atomic E-state index is 13.1. The Morgan fingerprint density at radius 1 is 1.06 bits per heavy atom. The van der Waals surface area contributed by atoms with Gasteiger partial charge < -0.3 is 9.80 Å². The van der Waals surface area contributed by atoms with Crippen LogP contribution in [-0.2, 0) is 14.8 Å². The quantitative estimate of drug-likeness (QED) is 0.637. The van der Waals surface area contributed by atoms with E-state index in [1.165, 1.54) is 23.5 Å². The zero-order valence-electron chi connectivity index (χ0n) is 18.1. The van der Waals surface area contributed by atoms with Crippen molar-refractivity contribution in [3.8, 4) is 6.07 Å². The minimum Gasteiger partial charge on any atom is -0.370 e. The molecular weight excluding hydrogens is 431 g/mol. The predicted molar refractivity (Wildman–Crippen MR) is 120 cm³/mol. The lowest BCUT2D eigenvalue weighted by atomic mass is 10.2. The van der Waals surface area contributed by atoms with E-state index in [9.17, 15) is 17.6 Å². The highest BCUT2D eigenvalue weighted by molar-refractivity contribution is 7.89. The molecule has 170 valence electrons. The smallest absolute Gasteiger partial charge is 0.242 e. The van der Waals surface area contributed by atoms with Gasteiger partial charge >= 0.3 is 0 Å². The van der Waals surface area contributed by atoms with Crippen molar-refractivity contribution in [1.29, 1.82) is 5.26 Å². The maximum Gasteiger partial charge on any atom is 0.242 e. The third kappa shape index (κ3) is 5.84. The molecule has 0 radical (unpaired) electrons. The molecule has 1 aliphatic heterocycles. The third-order valence-corrected chi connectivity index (χ3v) is 7.47. The molecule has 0 atom stereocenters. The molecule has 0 aromatic heterocycles. The van der Waals surface area contributed by atoms with Gasteiger partial charge in [-0.15, -0.1) is 0 Å². The van der Waals surface area contributed by atoms with Crippen LogP contribution >= 0.6 is 0 Å². The number of amides is 1. The molecule has 3 rings (SSSR count). The molecule has 1 fully saturated rings. The lowest BCUT2D eigenvalue weighted by molar-refractivity contribution is -0.131. The number of carbonyl (C=O) groups excluding carboxylic acids is 1. The highest BCUT2D eigenvalue weighted by Crippen LogP contribution is 2.18. The van der Waals surface area contributed by atoms with E-state index in [0.29, 0.717) is 31.6 Å². The standard InChI is InChI=1S/C23H27FN4O3S/c1-26(32(30,31)22-11-7-20(24)8-12-22)13-2-4-23(29)28-15-3-14-27(16-17-28)21-9-5-19(18-25)6-10-21/h5-12H,2-4,13-17H2,1H3. The largest absolute Gasteiger partial charge is 0.370 e. The second kappa shape index (κ2) is 10.6. The highest BCUT2D eigenvalue weighted by Gasteiger charge is 2.22. The fourth-order valence-corrected chi connectivity index (χ4v) is 4.90. The number of benzene rings is 2. The van der Waals surface area contributed by atoms with Gasteiger partial charge in [0.2, 0.25) is 15.9 Å². The van der Waals surface area contributed by atoms with Gasteiger partial charge in [-0.2, -0.15) is 5.26 Å². The van der Waals surface area contributed by atoms with Crippen molar-refractivity contribution in [2.24, 2.45) is 0 Å². The first-order valence-corrected chi connectivity index (χ1v) is 12.0. The van der Waals surface area contributed by atoms with Crippen LogP contribution in [-0.4, -0.2) is 63.3 Å². The Morgan fingerprint density at radius 2 is 1.75 bits per heavy atom. The Balaban J connectivity index is 1.48. The van der Waals surface area contributed by atoms with Crippen LogP contribution in [0.4, 0.5) is 10.1 Å². The monoisotopic (exact) mass is 458 g/mol. The Bertz CT molecular complexity index is 1070. The average molecular weight is 459 g/mol. The molecule has 1 saturated heterocycles. The summed E-state index contributed by atoms with van der Waals surface area (Å²) >= 11 is 0. The molecule has 1 heterocycles. The summed E-state index contributed by atoms with van der Waals surface area (Å²) in [6.07, 6.45) is 1.51. The molecule has 0 bridgehead atoms. The van der Waals surface area contributed by atoms with Crippen molar-refractivity contribution in [2.45, 2.75) is 24.2 Å². The van der Waals surface area contributed by atoms with E-state index < -0.39 is 15.8 Å². The van der Waals surface area contributed by atoms with Gasteiger partial charge in [0.05, 0.1) is 16.5 Å². The number of halogens is 1. The summed E-state index contributed by atoms with van der Waals surface area (Å²) in [6, 6.07) is 14.3. The van der Waals surface area contributed by atoms with E-state index in [0.717, 1.165) is 30.8 Å². The number of hydrogen-bond acceptors (Lipinski definition) is 5. The molecular formula is C23H27FN4O3S. The van der Waals surface area contributed by atoms with Crippen LogP contribution in [0.1, 0.15) is 24.8 Å². The summed E-state index contributed by atoms with van der Waals surface area (Å²) in [5.74, 6) is -0.480. The molecule has 0 N–H and O–H groups in total. The van der Waals surface area contributed by atoms with Gasteiger partial charge in [-0.1, -0.05) is 0 Å². The molecule has 2 aromatic carbocycles. The van der Waals surface area contributed by atoms with E-state index in [1.807, 2.05) is 17.0 Å². The summed E-state index contributed by atoms with van der Waals surface area (Å²) in [6.45, 7) is 3.00. The van der Waals surface area contributed by atoms with Crippen LogP contribution in [0.3, 0.4) is 0 Å². The number of carbonyl (C=O) groups is 1. The zero-order valence-corrected chi connectivity index (χ0v) is 18.9. The number of anilines is 1. The van der Waals surface area contributed by atoms with E-state index in [1.54, 1.807) is 12.1 Å². The summed E-state index contributed by atoms with van der Waals surface area (Å²) in [5, 5.41) is 8.94. The van der Waals surface area contributed by atoms with Crippen molar-refractivity contribution < 1.29 is 17.6 Å². The van der Waals surface area contributed by atoms with E-state index in [2.05, 4.69) is 11.0 Å². The molecule has 0 unspecified atom stereocenters. The summed E-state index contributed by atoms with van der Waals surface area (Å²) < 4.78 is 39.4. The van der Waals surface area contributed by atoms with Gasteiger partial charge in [0.1, 0.15) is 5.82 Å². The number of nitrogens with zero attached hydrogens (tertiary/aromatic N) is 4. The van der Waals surface area contributed by atoms with Crippen molar-refractivity contribution >= 4 is 21.6 Å². The molecule has 2 aromatic rings. The Labute approximate surface area is 188 Å².